The fourth-order valence-electron chi connectivity index (χ4n) is 2.56. The predicted octanol–water partition coefficient (Wildman–Crippen LogP) is 3.59. The number of hydrogen-bond acceptors (Lipinski definition) is 3. The van der Waals surface area contributed by atoms with Crippen LogP contribution in [0.5, 0.6) is 5.75 Å². The van der Waals surface area contributed by atoms with Gasteiger partial charge in [0.25, 0.3) is 0 Å². The van der Waals surface area contributed by atoms with Crippen molar-refractivity contribution >= 4 is 35.6 Å². The van der Waals surface area contributed by atoms with Gasteiger partial charge >= 0.3 is 0 Å². The van der Waals surface area contributed by atoms with Crippen molar-refractivity contribution in [3.05, 3.63) is 58.9 Å². The second-order valence-electron chi connectivity index (χ2n) is 5.67. The van der Waals surface area contributed by atoms with Crippen LogP contribution in [0.1, 0.15) is 16.7 Å². The number of rotatable bonds is 4. The van der Waals surface area contributed by atoms with Gasteiger partial charge in [-0.2, -0.15) is 0 Å². The minimum atomic E-state index is -0.299. The molecular weight excluding hydrogens is 436 g/mol. The normalized spacial score (nSPS) is 13.4. The van der Waals surface area contributed by atoms with Crippen LogP contribution in [0.2, 0.25) is 0 Å². The quantitative estimate of drug-likeness (QED) is 0.419. The van der Waals surface area contributed by atoms with E-state index in [0.29, 0.717) is 31.3 Å². The number of halogens is 2. The molecule has 1 aliphatic rings. The second kappa shape index (κ2) is 9.00. The molecule has 1 heterocycles. The molecule has 0 saturated heterocycles. The van der Waals surface area contributed by atoms with Crippen LogP contribution in [-0.2, 0) is 17.8 Å². The highest BCUT2D eigenvalue weighted by atomic mass is 127. The summed E-state index contributed by atoms with van der Waals surface area (Å²) < 4.78 is 24.3. The lowest BCUT2D eigenvalue weighted by molar-refractivity contribution is -0.0172. The second-order valence-corrected chi connectivity index (χ2v) is 5.67. The molecule has 3 rings (SSSR count). The Labute approximate surface area is 163 Å². The van der Waals surface area contributed by atoms with Gasteiger partial charge in [-0.05, 0) is 43.2 Å². The van der Waals surface area contributed by atoms with Gasteiger partial charge in [-0.25, -0.2) is 4.39 Å². The molecule has 0 amide bonds. The smallest absolute Gasteiger partial charge is 0.193 e. The number of ether oxygens (including phenoxy) is 2. The third kappa shape index (κ3) is 5.30. The average Bonchev–Trinajstić information content (AvgIpc) is 2.57. The molecule has 0 fully saturated rings. The van der Waals surface area contributed by atoms with Gasteiger partial charge < -0.3 is 20.5 Å². The number of guanidine groups is 1. The first-order valence-electron chi connectivity index (χ1n) is 7.77. The maximum atomic E-state index is 13.7. The van der Waals surface area contributed by atoms with E-state index < -0.39 is 0 Å². The number of benzene rings is 2. The Hall–Kier alpha value is -1.87. The van der Waals surface area contributed by atoms with Gasteiger partial charge in [0.2, 0.25) is 0 Å². The first-order chi connectivity index (χ1) is 11.6. The van der Waals surface area contributed by atoms with Crippen LogP contribution >= 0.6 is 24.0 Å². The van der Waals surface area contributed by atoms with Crippen molar-refractivity contribution < 1.29 is 13.9 Å². The van der Waals surface area contributed by atoms with Gasteiger partial charge in [-0.15, -0.1) is 24.0 Å². The van der Waals surface area contributed by atoms with Crippen molar-refractivity contribution in [1.82, 2.24) is 0 Å². The molecule has 1 aliphatic heterocycles. The minimum absolute atomic E-state index is 0. The van der Waals surface area contributed by atoms with Crippen LogP contribution in [0, 0.1) is 12.7 Å². The maximum absolute atomic E-state index is 13.7. The van der Waals surface area contributed by atoms with Crippen molar-refractivity contribution in [2.45, 2.75) is 20.0 Å². The molecule has 3 N–H and O–H groups in total. The fourth-order valence-corrected chi connectivity index (χ4v) is 2.56. The van der Waals surface area contributed by atoms with Crippen LogP contribution in [0.15, 0.2) is 41.4 Å². The van der Waals surface area contributed by atoms with Gasteiger partial charge in [0, 0.05) is 17.8 Å². The number of hydrogen-bond donors (Lipinski definition) is 2. The van der Waals surface area contributed by atoms with Gasteiger partial charge in [-0.3, -0.25) is 4.99 Å². The molecule has 0 radical (unpaired) electrons. The van der Waals surface area contributed by atoms with Crippen molar-refractivity contribution in [2.24, 2.45) is 10.7 Å². The fraction of sp³-hybridized carbons (Fsp3) is 0.278. The summed E-state index contributed by atoms with van der Waals surface area (Å²) in [6.07, 6.45) is 0.538. The summed E-state index contributed by atoms with van der Waals surface area (Å²) in [4.78, 5) is 4.29. The SMILES string of the molecule is Cc1ccc(NC(N)=NCCc2cc(F)cc3c2OCOC3)cc1.I. The topological polar surface area (TPSA) is 68.9 Å². The molecule has 134 valence electrons. The number of fused-ring (bicyclic) bond motifs is 1. The molecule has 0 atom stereocenters. The number of anilines is 1. The number of aliphatic imine (C=N–C) groups is 1. The summed E-state index contributed by atoms with van der Waals surface area (Å²) in [5.74, 6) is 0.726. The highest BCUT2D eigenvalue weighted by Gasteiger charge is 2.16. The molecule has 7 heteroatoms. The van der Waals surface area contributed by atoms with Gasteiger partial charge in [0.1, 0.15) is 11.6 Å². The van der Waals surface area contributed by atoms with Crippen LogP contribution in [0.3, 0.4) is 0 Å². The zero-order valence-corrected chi connectivity index (χ0v) is 16.3. The van der Waals surface area contributed by atoms with Crippen LogP contribution < -0.4 is 15.8 Å². The number of aryl methyl sites for hydroxylation is 1. The Morgan fingerprint density at radius 1 is 1.28 bits per heavy atom. The molecular formula is C18H21FIN3O2. The Morgan fingerprint density at radius 3 is 2.80 bits per heavy atom. The largest absolute Gasteiger partial charge is 0.467 e. The van der Waals surface area contributed by atoms with E-state index in [9.17, 15) is 4.39 Å². The highest BCUT2D eigenvalue weighted by Crippen LogP contribution is 2.29. The summed E-state index contributed by atoms with van der Waals surface area (Å²) in [6, 6.07) is 10.8. The highest BCUT2D eigenvalue weighted by molar-refractivity contribution is 14.0. The summed E-state index contributed by atoms with van der Waals surface area (Å²) in [5, 5.41) is 3.03. The van der Waals surface area contributed by atoms with Crippen molar-refractivity contribution in [3.63, 3.8) is 0 Å². The Bertz CT molecular complexity index is 751. The summed E-state index contributed by atoms with van der Waals surface area (Å²) in [7, 11) is 0. The predicted molar refractivity (Wildman–Crippen MR) is 107 cm³/mol. The number of nitrogens with one attached hydrogen (secondary N) is 1. The monoisotopic (exact) mass is 457 g/mol. The van der Waals surface area contributed by atoms with Crippen LogP contribution in [0.4, 0.5) is 10.1 Å². The van der Waals surface area contributed by atoms with Gasteiger partial charge in [-0.1, -0.05) is 17.7 Å². The molecule has 0 unspecified atom stereocenters. The molecule has 0 spiro atoms. The number of nitrogens with two attached hydrogens (primary N) is 1. The molecule has 2 aromatic rings. The lowest BCUT2D eigenvalue weighted by Gasteiger charge is -2.20. The van der Waals surface area contributed by atoms with E-state index >= 15 is 0 Å². The van der Waals surface area contributed by atoms with E-state index in [0.717, 1.165) is 16.8 Å². The summed E-state index contributed by atoms with van der Waals surface area (Å²) in [5.41, 5.74) is 9.45. The van der Waals surface area contributed by atoms with Gasteiger partial charge in [0.05, 0.1) is 6.61 Å². The van der Waals surface area contributed by atoms with E-state index in [2.05, 4.69) is 10.3 Å². The van der Waals surface area contributed by atoms with E-state index in [1.807, 2.05) is 31.2 Å². The summed E-state index contributed by atoms with van der Waals surface area (Å²) >= 11 is 0. The lowest BCUT2D eigenvalue weighted by Crippen LogP contribution is -2.23. The molecule has 2 aromatic carbocycles. The van der Waals surface area contributed by atoms with E-state index in [-0.39, 0.29) is 36.6 Å². The van der Waals surface area contributed by atoms with E-state index in [4.69, 9.17) is 15.2 Å². The molecule has 5 nitrogen and oxygen atoms in total. The van der Waals surface area contributed by atoms with E-state index in [1.165, 1.54) is 17.7 Å². The van der Waals surface area contributed by atoms with Crippen molar-refractivity contribution in [3.8, 4) is 5.75 Å². The Balaban J connectivity index is 0.00000225. The standard InChI is InChI=1S/C18H20FN3O2.HI/c1-12-2-4-16(5-3-12)22-18(20)21-7-6-13-8-15(19)9-14-10-23-11-24-17(13)14;/h2-5,8-9H,6-7,10-11H2,1H3,(H3,20,21,22);1H. The molecule has 25 heavy (non-hydrogen) atoms. The third-order valence-electron chi connectivity index (χ3n) is 3.74. The average molecular weight is 457 g/mol. The number of nitrogens with zero attached hydrogens (tertiary/aromatic N) is 1. The Morgan fingerprint density at radius 2 is 2.04 bits per heavy atom. The zero-order valence-electron chi connectivity index (χ0n) is 13.9. The van der Waals surface area contributed by atoms with Crippen molar-refractivity contribution in [1.29, 1.82) is 0 Å². The third-order valence-corrected chi connectivity index (χ3v) is 3.74. The molecule has 0 aliphatic carbocycles. The maximum Gasteiger partial charge on any atom is 0.193 e. The zero-order chi connectivity index (χ0) is 16.9. The lowest BCUT2D eigenvalue weighted by atomic mass is 10.1. The molecule has 0 bridgehead atoms. The van der Waals surface area contributed by atoms with E-state index in [1.54, 1.807) is 0 Å². The Kier molecular flexibility index (Phi) is 7.01. The first kappa shape index (κ1) is 19.5. The van der Waals surface area contributed by atoms with Crippen molar-refractivity contribution in [2.75, 3.05) is 18.7 Å². The molecule has 0 aromatic heterocycles. The first-order valence-corrected chi connectivity index (χ1v) is 7.77. The van der Waals surface area contributed by atoms with Crippen LogP contribution in [-0.4, -0.2) is 19.3 Å². The van der Waals surface area contributed by atoms with Crippen LogP contribution in [0.25, 0.3) is 0 Å². The minimum Gasteiger partial charge on any atom is -0.467 e. The molecule has 0 saturated carbocycles. The summed E-state index contributed by atoms with van der Waals surface area (Å²) in [6.45, 7) is 3.01. The van der Waals surface area contributed by atoms with Gasteiger partial charge in [0.15, 0.2) is 12.8 Å².